The van der Waals surface area contributed by atoms with Gasteiger partial charge in [-0.15, -0.1) is 0 Å². The number of morpholine rings is 1. The van der Waals surface area contributed by atoms with E-state index < -0.39 is 0 Å². The third kappa shape index (κ3) is 4.16. The van der Waals surface area contributed by atoms with Gasteiger partial charge in [0.05, 0.1) is 48.8 Å². The van der Waals surface area contributed by atoms with Gasteiger partial charge in [0.25, 0.3) is 0 Å². The van der Waals surface area contributed by atoms with Crippen molar-refractivity contribution < 1.29 is 14.6 Å². The maximum Gasteiger partial charge on any atom is 0.153 e. The molecule has 2 bridgehead atoms. The largest absolute Gasteiger partial charge is 0.390 e. The zero-order valence-corrected chi connectivity index (χ0v) is 22.3. The number of aromatic nitrogens is 3. The Kier molecular flexibility index (Phi) is 6.54. The van der Waals surface area contributed by atoms with Crippen LogP contribution < -0.4 is 15.5 Å². The average Bonchev–Trinajstić information content (AvgIpc) is 3.59. The molecule has 0 unspecified atom stereocenters. The van der Waals surface area contributed by atoms with Crippen molar-refractivity contribution in [3.63, 3.8) is 0 Å². The second-order valence-electron chi connectivity index (χ2n) is 10.5. The fraction of sp³-hybridized carbons (Fsp3) is 0.640. The van der Waals surface area contributed by atoms with E-state index in [1.54, 1.807) is 6.20 Å². The first kappa shape index (κ1) is 24.6. The molecule has 3 N–H and O–H groups in total. The van der Waals surface area contributed by atoms with Crippen LogP contribution in [-0.4, -0.2) is 77.2 Å². The fourth-order valence-electron chi connectivity index (χ4n) is 6.08. The summed E-state index contributed by atoms with van der Waals surface area (Å²) in [5.41, 5.74) is 7.91. The molecule has 36 heavy (non-hydrogen) atoms. The minimum absolute atomic E-state index is 0.0321. The van der Waals surface area contributed by atoms with E-state index >= 15 is 0 Å². The normalized spacial score (nSPS) is 29.0. The van der Waals surface area contributed by atoms with Gasteiger partial charge in [-0.05, 0) is 39.2 Å². The number of nitrogens with zero attached hydrogens (tertiary/aromatic N) is 5. The summed E-state index contributed by atoms with van der Waals surface area (Å²) in [5.74, 6) is 1.55. The number of rotatable bonds is 5. The molecule has 6 rings (SSSR count). The summed E-state index contributed by atoms with van der Waals surface area (Å²) < 4.78 is 11.6. The van der Waals surface area contributed by atoms with Gasteiger partial charge in [0, 0.05) is 42.2 Å². The number of pyridine rings is 1. The first-order valence-corrected chi connectivity index (χ1v) is 13.9. The highest BCUT2D eigenvalue weighted by Crippen LogP contribution is 2.44. The highest BCUT2D eigenvalue weighted by Gasteiger charge is 2.48. The smallest absolute Gasteiger partial charge is 0.153 e. The van der Waals surface area contributed by atoms with E-state index in [2.05, 4.69) is 21.7 Å². The van der Waals surface area contributed by atoms with Crippen molar-refractivity contribution in [2.75, 3.05) is 42.6 Å². The molecule has 9 nitrogen and oxygen atoms in total. The SMILES string of the molecule is Cc1nc(N2CCC3(CC2)CO[C@@H](C)[C@H]3N)c(CO)nc1Sc1ccnc(N2C[C@@H]3C[C@H]2CO3)c1Cl. The average molecular weight is 533 g/mol. The van der Waals surface area contributed by atoms with E-state index in [0.717, 1.165) is 79.4 Å². The number of hydrogen-bond acceptors (Lipinski definition) is 10. The van der Waals surface area contributed by atoms with Crippen LogP contribution in [0.4, 0.5) is 11.6 Å². The third-order valence-corrected chi connectivity index (χ3v) is 9.97. The predicted octanol–water partition coefficient (Wildman–Crippen LogP) is 2.79. The summed E-state index contributed by atoms with van der Waals surface area (Å²) in [5, 5.41) is 11.5. The highest BCUT2D eigenvalue weighted by atomic mass is 35.5. The van der Waals surface area contributed by atoms with Gasteiger partial charge in [0.15, 0.2) is 5.82 Å². The summed E-state index contributed by atoms with van der Waals surface area (Å²) in [6, 6.07) is 2.30. The van der Waals surface area contributed by atoms with Gasteiger partial charge in [0.2, 0.25) is 0 Å². The Bertz CT molecular complexity index is 1150. The molecule has 6 heterocycles. The predicted molar refractivity (Wildman–Crippen MR) is 139 cm³/mol. The molecule has 0 saturated carbocycles. The topological polar surface area (TPSA) is 110 Å². The van der Waals surface area contributed by atoms with Crippen molar-refractivity contribution >= 4 is 35.0 Å². The Labute approximate surface area is 220 Å². The molecule has 4 aliphatic rings. The van der Waals surface area contributed by atoms with Crippen LogP contribution >= 0.6 is 23.4 Å². The van der Waals surface area contributed by atoms with Gasteiger partial charge in [-0.2, -0.15) is 0 Å². The molecular weight excluding hydrogens is 500 g/mol. The second kappa shape index (κ2) is 9.56. The molecule has 0 amide bonds. The summed E-state index contributed by atoms with van der Waals surface area (Å²) in [6.45, 7) is 7.74. The van der Waals surface area contributed by atoms with E-state index in [1.807, 2.05) is 13.0 Å². The van der Waals surface area contributed by atoms with E-state index in [-0.39, 0.29) is 30.3 Å². The molecule has 194 valence electrons. The maximum absolute atomic E-state index is 10.2. The van der Waals surface area contributed by atoms with Crippen LogP contribution in [0, 0.1) is 12.3 Å². The molecule has 4 aliphatic heterocycles. The van der Waals surface area contributed by atoms with Crippen molar-refractivity contribution in [3.8, 4) is 0 Å². The molecule has 4 atom stereocenters. The number of aliphatic hydroxyl groups is 1. The van der Waals surface area contributed by atoms with Crippen LogP contribution in [0.5, 0.6) is 0 Å². The van der Waals surface area contributed by atoms with Crippen molar-refractivity contribution in [2.45, 2.75) is 73.9 Å². The van der Waals surface area contributed by atoms with Crippen LogP contribution in [0.2, 0.25) is 5.02 Å². The third-order valence-electron chi connectivity index (χ3n) is 8.35. The number of nitrogens with two attached hydrogens (primary N) is 1. The van der Waals surface area contributed by atoms with Crippen molar-refractivity contribution in [2.24, 2.45) is 11.1 Å². The van der Waals surface area contributed by atoms with Crippen molar-refractivity contribution in [1.29, 1.82) is 0 Å². The maximum atomic E-state index is 10.2. The number of fused-ring (bicyclic) bond motifs is 2. The van der Waals surface area contributed by atoms with Crippen LogP contribution in [-0.2, 0) is 16.1 Å². The molecule has 1 spiro atoms. The van der Waals surface area contributed by atoms with Crippen LogP contribution in [0.3, 0.4) is 0 Å². The lowest BCUT2D eigenvalue weighted by molar-refractivity contribution is 0.0973. The zero-order chi connectivity index (χ0) is 25.0. The van der Waals surface area contributed by atoms with Crippen LogP contribution in [0.25, 0.3) is 0 Å². The number of hydrogen-bond donors (Lipinski definition) is 2. The van der Waals surface area contributed by atoms with Gasteiger partial charge < -0.3 is 30.1 Å². The van der Waals surface area contributed by atoms with Gasteiger partial charge in [-0.1, -0.05) is 23.4 Å². The van der Waals surface area contributed by atoms with E-state index in [4.69, 9.17) is 36.8 Å². The van der Waals surface area contributed by atoms with Gasteiger partial charge in [-0.25, -0.2) is 15.0 Å². The Morgan fingerprint density at radius 3 is 2.69 bits per heavy atom. The monoisotopic (exact) mass is 532 g/mol. The summed E-state index contributed by atoms with van der Waals surface area (Å²) >= 11 is 8.31. The van der Waals surface area contributed by atoms with E-state index in [9.17, 15) is 5.11 Å². The Morgan fingerprint density at radius 2 is 2.06 bits per heavy atom. The first-order chi connectivity index (χ1) is 17.4. The number of aliphatic hydroxyl groups excluding tert-OH is 1. The van der Waals surface area contributed by atoms with Gasteiger partial charge in [0.1, 0.15) is 16.5 Å². The minimum Gasteiger partial charge on any atom is -0.390 e. The Morgan fingerprint density at radius 1 is 1.25 bits per heavy atom. The number of piperidine rings is 1. The number of halogens is 1. The van der Waals surface area contributed by atoms with Gasteiger partial charge in [-0.3, -0.25) is 0 Å². The molecule has 11 heteroatoms. The fourth-order valence-corrected chi connectivity index (χ4v) is 7.28. The van der Waals surface area contributed by atoms with Crippen LogP contribution in [0.1, 0.15) is 37.6 Å². The lowest BCUT2D eigenvalue weighted by atomic mass is 9.73. The van der Waals surface area contributed by atoms with Crippen LogP contribution in [0.15, 0.2) is 22.2 Å². The molecule has 2 aromatic heterocycles. The number of aryl methyl sites for hydroxylation is 1. The van der Waals surface area contributed by atoms with Crippen molar-refractivity contribution in [3.05, 3.63) is 28.7 Å². The second-order valence-corrected chi connectivity index (χ2v) is 11.9. The molecule has 4 saturated heterocycles. The molecular formula is C25H33ClN6O3S. The zero-order valence-electron chi connectivity index (χ0n) is 20.7. The van der Waals surface area contributed by atoms with Gasteiger partial charge >= 0.3 is 0 Å². The summed E-state index contributed by atoms with van der Waals surface area (Å²) in [4.78, 5) is 19.7. The lowest BCUT2D eigenvalue weighted by Crippen LogP contribution is -2.51. The quantitative estimate of drug-likeness (QED) is 0.596. The highest BCUT2D eigenvalue weighted by molar-refractivity contribution is 7.99. The molecule has 4 fully saturated rings. The Balaban J connectivity index is 1.21. The van der Waals surface area contributed by atoms with Crippen molar-refractivity contribution in [1.82, 2.24) is 15.0 Å². The molecule has 0 aromatic carbocycles. The lowest BCUT2D eigenvalue weighted by Gasteiger charge is -2.42. The minimum atomic E-state index is -0.177. The number of anilines is 2. The van der Waals surface area contributed by atoms with E-state index in [0.29, 0.717) is 16.8 Å². The summed E-state index contributed by atoms with van der Waals surface area (Å²) in [7, 11) is 0. The molecule has 0 radical (unpaired) electrons. The molecule has 2 aromatic rings. The first-order valence-electron chi connectivity index (χ1n) is 12.7. The summed E-state index contributed by atoms with van der Waals surface area (Å²) in [6.07, 6.45) is 5.07. The van der Waals surface area contributed by atoms with E-state index in [1.165, 1.54) is 11.8 Å². The standard InChI is InChI=1S/C25H33ClN6O3S/c1-14-24(36-19-3-6-28-23(20(19)26)32-10-17-9-16(32)12-34-17)30-18(11-33)22(29-14)31-7-4-25(5-8-31)13-35-15(2)21(25)27/h3,6,15-17,21,33H,4-5,7-13,27H2,1-2H3/t15-,16-,17-,21+/m0/s1. The Hall–Kier alpha value is -1.69. The molecule has 0 aliphatic carbocycles. The number of ether oxygens (including phenoxy) is 2.